The molecule has 0 bridgehead atoms. The molecule has 7 heteroatoms. The van der Waals surface area contributed by atoms with Crippen LogP contribution in [0, 0.1) is 0 Å². The van der Waals surface area contributed by atoms with Gasteiger partial charge in [0.05, 0.1) is 42.3 Å². The van der Waals surface area contributed by atoms with Crippen LogP contribution >= 0.6 is 0 Å². The molecular weight excluding hydrogens is 440 g/mol. The summed E-state index contributed by atoms with van der Waals surface area (Å²) >= 11 is 0. The van der Waals surface area contributed by atoms with Crippen LogP contribution in [0.4, 0.5) is 5.69 Å². The van der Waals surface area contributed by atoms with Gasteiger partial charge < -0.3 is 15.4 Å². The number of amides is 2. The predicted molar refractivity (Wildman–Crippen MR) is 136 cm³/mol. The molecule has 2 amide bonds. The highest BCUT2D eigenvalue weighted by Gasteiger charge is 2.27. The molecule has 2 aromatic carbocycles. The summed E-state index contributed by atoms with van der Waals surface area (Å²) in [4.78, 5) is 34.6. The van der Waals surface area contributed by atoms with Crippen molar-refractivity contribution in [2.75, 3.05) is 19.0 Å². The molecule has 0 unspecified atom stereocenters. The number of methoxy groups -OCH3 is 1. The number of hydrogen-bond acceptors (Lipinski definition) is 5. The van der Waals surface area contributed by atoms with Crippen molar-refractivity contribution in [3.8, 4) is 5.75 Å². The number of nitrogens with one attached hydrogen (secondary N) is 2. The van der Waals surface area contributed by atoms with Gasteiger partial charge in [0.1, 0.15) is 5.75 Å². The molecule has 35 heavy (non-hydrogen) atoms. The third-order valence-electron chi connectivity index (χ3n) is 5.98. The van der Waals surface area contributed by atoms with Gasteiger partial charge in [-0.25, -0.2) is 4.98 Å². The summed E-state index contributed by atoms with van der Waals surface area (Å²) in [6.07, 6.45) is 6.78. The molecule has 0 saturated carbocycles. The van der Waals surface area contributed by atoms with Crippen LogP contribution in [-0.2, 0) is 11.2 Å². The van der Waals surface area contributed by atoms with Crippen molar-refractivity contribution >= 4 is 40.1 Å². The van der Waals surface area contributed by atoms with Gasteiger partial charge in [-0.15, -0.1) is 0 Å². The molecule has 174 valence electrons. The van der Waals surface area contributed by atoms with Crippen LogP contribution in [0.3, 0.4) is 0 Å². The lowest BCUT2D eigenvalue weighted by Crippen LogP contribution is -2.33. The normalized spacial score (nSPS) is 13.5. The van der Waals surface area contributed by atoms with Gasteiger partial charge in [-0.05, 0) is 65.9 Å². The smallest absolute Gasteiger partial charge is 0.252 e. The zero-order chi connectivity index (χ0) is 24.2. The molecule has 2 aromatic heterocycles. The Balaban J connectivity index is 1.44. The molecule has 2 N–H and O–H groups in total. The molecule has 5 rings (SSSR count). The number of nitrogens with zero attached hydrogens (tertiary/aromatic N) is 2. The maximum atomic E-state index is 13.3. The fourth-order valence-corrected chi connectivity index (χ4v) is 4.33. The van der Waals surface area contributed by atoms with Crippen LogP contribution in [0.2, 0.25) is 0 Å². The highest BCUT2D eigenvalue weighted by molar-refractivity contribution is 6.10. The summed E-state index contributed by atoms with van der Waals surface area (Å²) < 4.78 is 5.25. The first-order chi connectivity index (χ1) is 17.1. The summed E-state index contributed by atoms with van der Waals surface area (Å²) in [5.41, 5.74) is 5.78. The van der Waals surface area contributed by atoms with Crippen molar-refractivity contribution in [2.24, 2.45) is 0 Å². The topological polar surface area (TPSA) is 93.2 Å². The van der Waals surface area contributed by atoms with E-state index in [9.17, 15) is 9.59 Å². The fourth-order valence-electron chi connectivity index (χ4n) is 4.33. The molecule has 0 radical (unpaired) electrons. The van der Waals surface area contributed by atoms with Gasteiger partial charge in [0, 0.05) is 11.6 Å². The quantitative estimate of drug-likeness (QED) is 0.439. The number of aromatic nitrogens is 2. The average Bonchev–Trinajstić information content (AvgIpc) is 3.28. The molecule has 0 atom stereocenters. The van der Waals surface area contributed by atoms with E-state index < -0.39 is 0 Å². The SMILES string of the molecule is COc1ccc(/C=C2\CCc3c2nc2ccccc2c3C(=O)NCC(=O)Nc2cccnc2)cc1. The Labute approximate surface area is 202 Å². The number of ether oxygens (including phenoxy) is 1. The van der Waals surface area contributed by atoms with Gasteiger partial charge in [-0.2, -0.15) is 0 Å². The van der Waals surface area contributed by atoms with Crippen molar-refractivity contribution < 1.29 is 14.3 Å². The first-order valence-electron chi connectivity index (χ1n) is 11.4. The molecule has 0 aliphatic heterocycles. The van der Waals surface area contributed by atoms with Gasteiger partial charge in [0.25, 0.3) is 5.91 Å². The van der Waals surface area contributed by atoms with E-state index >= 15 is 0 Å². The highest BCUT2D eigenvalue weighted by Crippen LogP contribution is 2.37. The lowest BCUT2D eigenvalue weighted by molar-refractivity contribution is -0.115. The molecule has 0 fully saturated rings. The predicted octanol–water partition coefficient (Wildman–Crippen LogP) is 4.49. The molecule has 7 nitrogen and oxygen atoms in total. The van der Waals surface area contributed by atoms with E-state index in [2.05, 4.69) is 21.7 Å². The van der Waals surface area contributed by atoms with Crippen LogP contribution in [0.15, 0.2) is 73.1 Å². The van der Waals surface area contributed by atoms with Crippen molar-refractivity contribution in [3.05, 3.63) is 95.4 Å². The number of allylic oxidation sites excluding steroid dienone is 1. The Morgan fingerprint density at radius 1 is 1.03 bits per heavy atom. The number of rotatable bonds is 6. The number of fused-ring (bicyclic) bond motifs is 2. The molecule has 1 aliphatic carbocycles. The second-order valence-corrected chi connectivity index (χ2v) is 8.25. The third-order valence-corrected chi connectivity index (χ3v) is 5.98. The van der Waals surface area contributed by atoms with Crippen LogP contribution in [-0.4, -0.2) is 35.4 Å². The third kappa shape index (κ3) is 4.75. The van der Waals surface area contributed by atoms with Gasteiger partial charge in [-0.1, -0.05) is 30.3 Å². The van der Waals surface area contributed by atoms with Gasteiger partial charge in [0.15, 0.2) is 0 Å². The van der Waals surface area contributed by atoms with Crippen LogP contribution < -0.4 is 15.4 Å². The summed E-state index contributed by atoms with van der Waals surface area (Å²) in [6, 6.07) is 18.9. The van der Waals surface area contributed by atoms with Gasteiger partial charge >= 0.3 is 0 Å². The number of hydrogen-bond donors (Lipinski definition) is 2. The van der Waals surface area contributed by atoms with Crippen molar-refractivity contribution in [2.45, 2.75) is 12.8 Å². The van der Waals surface area contributed by atoms with Crippen LogP contribution in [0.25, 0.3) is 22.6 Å². The van der Waals surface area contributed by atoms with E-state index in [4.69, 9.17) is 9.72 Å². The van der Waals surface area contributed by atoms with Gasteiger partial charge in [0.2, 0.25) is 5.91 Å². The second-order valence-electron chi connectivity index (χ2n) is 8.25. The van der Waals surface area contributed by atoms with E-state index in [1.165, 1.54) is 0 Å². The van der Waals surface area contributed by atoms with E-state index in [-0.39, 0.29) is 18.4 Å². The molecular formula is C28H24N4O3. The summed E-state index contributed by atoms with van der Waals surface area (Å²) in [6.45, 7) is -0.145. The largest absolute Gasteiger partial charge is 0.497 e. The van der Waals surface area contributed by atoms with Crippen molar-refractivity contribution in [1.82, 2.24) is 15.3 Å². The zero-order valence-corrected chi connectivity index (χ0v) is 19.2. The van der Waals surface area contributed by atoms with Gasteiger partial charge in [-0.3, -0.25) is 14.6 Å². The molecule has 0 saturated heterocycles. The minimum atomic E-state index is -0.318. The second kappa shape index (κ2) is 9.77. The maximum absolute atomic E-state index is 13.3. The Bertz CT molecular complexity index is 1430. The number of carbonyl (C=O) groups is 2. The number of pyridine rings is 2. The number of para-hydroxylation sites is 1. The standard InChI is InChI=1S/C28H24N4O3/c1-35-21-11-8-18(9-12-21)15-19-10-13-23-26(22-6-2-3-7-24(22)32-27(19)23)28(34)30-17-25(33)31-20-5-4-14-29-16-20/h2-9,11-12,14-16H,10,13,17H2,1H3,(H,30,34)(H,31,33)/b19-15+. The van der Waals surface area contributed by atoms with Crippen LogP contribution in [0.5, 0.6) is 5.75 Å². The summed E-state index contributed by atoms with van der Waals surface area (Å²) in [5.74, 6) is 0.197. The van der Waals surface area contributed by atoms with Crippen LogP contribution in [0.1, 0.15) is 33.6 Å². The lowest BCUT2D eigenvalue weighted by atomic mass is 10.00. The molecule has 0 spiro atoms. The number of carbonyl (C=O) groups excluding carboxylic acids is 2. The van der Waals surface area contributed by atoms with E-state index in [1.807, 2.05) is 48.5 Å². The Kier molecular flexibility index (Phi) is 6.22. The number of anilines is 1. The van der Waals surface area contributed by atoms with Crippen molar-refractivity contribution in [3.63, 3.8) is 0 Å². The number of benzene rings is 2. The first-order valence-corrected chi connectivity index (χ1v) is 11.4. The summed E-state index contributed by atoms with van der Waals surface area (Å²) in [7, 11) is 1.64. The Morgan fingerprint density at radius 3 is 2.63 bits per heavy atom. The minimum absolute atomic E-state index is 0.145. The van der Waals surface area contributed by atoms with E-state index in [1.54, 1.807) is 31.6 Å². The molecule has 2 heterocycles. The molecule has 4 aromatic rings. The summed E-state index contributed by atoms with van der Waals surface area (Å²) in [5, 5.41) is 6.30. The first kappa shape index (κ1) is 22.3. The lowest BCUT2D eigenvalue weighted by Gasteiger charge is -2.13. The Morgan fingerprint density at radius 2 is 1.86 bits per heavy atom. The fraction of sp³-hybridized carbons (Fsp3) is 0.143. The maximum Gasteiger partial charge on any atom is 0.252 e. The van der Waals surface area contributed by atoms with Crippen molar-refractivity contribution in [1.29, 1.82) is 0 Å². The zero-order valence-electron chi connectivity index (χ0n) is 19.2. The minimum Gasteiger partial charge on any atom is -0.497 e. The molecule has 1 aliphatic rings. The average molecular weight is 465 g/mol. The monoisotopic (exact) mass is 464 g/mol. The highest BCUT2D eigenvalue weighted by atomic mass is 16.5. The van der Waals surface area contributed by atoms with E-state index in [0.29, 0.717) is 17.7 Å². The Hall–Kier alpha value is -4.52. The van der Waals surface area contributed by atoms with E-state index in [0.717, 1.165) is 45.5 Å².